The molecule has 2 heterocycles. The van der Waals surface area contributed by atoms with E-state index < -0.39 is 5.82 Å². The monoisotopic (exact) mass is 494 g/mol. The van der Waals surface area contributed by atoms with Crippen molar-refractivity contribution in [1.29, 1.82) is 0 Å². The number of carbonyl (C=O) groups excluding carboxylic acids is 2. The van der Waals surface area contributed by atoms with Gasteiger partial charge in [-0.2, -0.15) is 0 Å². The number of thiophene rings is 1. The molecule has 0 radical (unpaired) electrons. The summed E-state index contributed by atoms with van der Waals surface area (Å²) in [4.78, 5) is 31.5. The van der Waals surface area contributed by atoms with Gasteiger partial charge in [0.1, 0.15) is 24.7 Å². The number of rotatable bonds is 8. The van der Waals surface area contributed by atoms with Crippen LogP contribution in [0.4, 0.5) is 4.39 Å². The highest BCUT2D eigenvalue weighted by atomic mass is 32.1. The minimum absolute atomic E-state index is 0.0328. The molecule has 0 spiro atoms. The molecule has 0 aliphatic carbocycles. The number of halogens is 1. The first-order valence-corrected chi connectivity index (χ1v) is 12.8. The topological polar surface area (TPSA) is 49.9 Å². The first-order chi connectivity index (χ1) is 16.8. The van der Waals surface area contributed by atoms with E-state index in [-0.39, 0.29) is 30.3 Å². The van der Waals surface area contributed by atoms with Gasteiger partial charge < -0.3 is 14.5 Å². The Balaban J connectivity index is 1.52. The summed E-state index contributed by atoms with van der Waals surface area (Å²) in [5.41, 5.74) is 2.64. The molecule has 7 heteroatoms. The summed E-state index contributed by atoms with van der Waals surface area (Å²) in [5, 5.41) is 2.06. The molecule has 2 amide bonds. The Kier molecular flexibility index (Phi) is 7.86. The van der Waals surface area contributed by atoms with Crippen molar-refractivity contribution < 1.29 is 18.7 Å². The minimum atomic E-state index is -0.399. The fraction of sp³-hybridized carbons (Fsp3) is 0.357. The number of fused-ring (bicyclic) bond motifs is 1. The molecule has 1 atom stereocenters. The van der Waals surface area contributed by atoms with Gasteiger partial charge in [-0.05, 0) is 72.7 Å². The molecule has 3 aromatic rings. The molecule has 0 bridgehead atoms. The Morgan fingerprint density at radius 3 is 2.51 bits per heavy atom. The van der Waals surface area contributed by atoms with Crippen LogP contribution in [0.1, 0.15) is 46.3 Å². The van der Waals surface area contributed by atoms with Crippen LogP contribution in [0.25, 0.3) is 0 Å². The Hall–Kier alpha value is -3.19. The van der Waals surface area contributed by atoms with E-state index in [0.29, 0.717) is 25.3 Å². The third kappa shape index (κ3) is 6.09. The second kappa shape index (κ2) is 11.0. The molecule has 5 nitrogen and oxygen atoms in total. The van der Waals surface area contributed by atoms with Gasteiger partial charge in [-0.25, -0.2) is 4.39 Å². The average molecular weight is 495 g/mol. The van der Waals surface area contributed by atoms with Crippen molar-refractivity contribution in [2.45, 2.75) is 33.2 Å². The first-order valence-electron chi connectivity index (χ1n) is 11.9. The quantitative estimate of drug-likeness (QED) is 0.416. The van der Waals surface area contributed by atoms with Crippen molar-refractivity contribution >= 4 is 23.2 Å². The Morgan fingerprint density at radius 2 is 1.83 bits per heavy atom. The van der Waals surface area contributed by atoms with Crippen molar-refractivity contribution in [2.24, 2.45) is 5.92 Å². The molecular weight excluding hydrogens is 463 g/mol. The van der Waals surface area contributed by atoms with Gasteiger partial charge in [0.05, 0.1) is 6.04 Å². The van der Waals surface area contributed by atoms with E-state index in [1.54, 1.807) is 16.2 Å². The zero-order valence-corrected chi connectivity index (χ0v) is 21.2. The third-order valence-electron chi connectivity index (χ3n) is 6.13. The molecule has 0 fully saturated rings. The number of amides is 2. The van der Waals surface area contributed by atoms with Crippen LogP contribution >= 0.6 is 11.3 Å². The normalized spacial score (nSPS) is 15.1. The zero-order chi connectivity index (χ0) is 24.9. The minimum Gasteiger partial charge on any atom is -0.491 e. The number of carbonyl (C=O) groups is 2. The number of benzene rings is 2. The standard InChI is InChI=1S/C28H31FN2O3S/c1-19(2)16-30(28(33)21-6-8-22(29)9-7-21)17-27(32)31-14-12-26-24(13-15-35-26)25(31)18-34-23-10-4-20(3)5-11-23/h4-11,13,15,19,25H,12,14,16-18H2,1-3H3/t25-/m0/s1. The lowest BCUT2D eigenvalue weighted by Gasteiger charge is -2.37. The summed E-state index contributed by atoms with van der Waals surface area (Å²) >= 11 is 1.70. The van der Waals surface area contributed by atoms with Gasteiger partial charge in [0.2, 0.25) is 5.91 Å². The molecule has 2 aromatic carbocycles. The predicted octanol–water partition coefficient (Wildman–Crippen LogP) is 5.50. The molecule has 4 rings (SSSR count). The van der Waals surface area contributed by atoms with Crippen LogP contribution in [0.15, 0.2) is 60.0 Å². The van der Waals surface area contributed by atoms with Gasteiger partial charge in [0, 0.05) is 23.5 Å². The van der Waals surface area contributed by atoms with Crippen LogP contribution in [0.2, 0.25) is 0 Å². The Morgan fingerprint density at radius 1 is 1.11 bits per heavy atom. The number of nitrogens with zero attached hydrogens (tertiary/aromatic N) is 2. The highest BCUT2D eigenvalue weighted by Crippen LogP contribution is 2.34. The van der Waals surface area contributed by atoms with Crippen LogP contribution in [-0.2, 0) is 11.2 Å². The van der Waals surface area contributed by atoms with E-state index in [1.165, 1.54) is 29.1 Å². The first kappa shape index (κ1) is 24.9. The molecule has 1 aliphatic heterocycles. The van der Waals surface area contributed by atoms with Crippen LogP contribution in [0.3, 0.4) is 0 Å². The van der Waals surface area contributed by atoms with E-state index in [1.807, 2.05) is 49.9 Å². The van der Waals surface area contributed by atoms with Gasteiger partial charge in [-0.15, -0.1) is 11.3 Å². The van der Waals surface area contributed by atoms with Crippen LogP contribution in [0, 0.1) is 18.7 Å². The van der Waals surface area contributed by atoms with Crippen molar-refractivity contribution in [1.82, 2.24) is 9.80 Å². The van der Waals surface area contributed by atoms with E-state index >= 15 is 0 Å². The van der Waals surface area contributed by atoms with Crippen molar-refractivity contribution in [3.63, 3.8) is 0 Å². The van der Waals surface area contributed by atoms with E-state index in [9.17, 15) is 14.0 Å². The predicted molar refractivity (Wildman–Crippen MR) is 136 cm³/mol. The van der Waals surface area contributed by atoms with Gasteiger partial charge in [0.25, 0.3) is 5.91 Å². The average Bonchev–Trinajstić information content (AvgIpc) is 3.32. The molecule has 0 unspecified atom stereocenters. The van der Waals surface area contributed by atoms with Crippen LogP contribution < -0.4 is 4.74 Å². The van der Waals surface area contributed by atoms with Crippen LogP contribution in [-0.4, -0.2) is 47.9 Å². The molecule has 35 heavy (non-hydrogen) atoms. The number of ether oxygens (including phenoxy) is 1. The maximum Gasteiger partial charge on any atom is 0.254 e. The SMILES string of the molecule is Cc1ccc(OC[C@H]2c3ccsc3CCN2C(=O)CN(CC(C)C)C(=O)c2ccc(F)cc2)cc1. The lowest BCUT2D eigenvalue weighted by Crippen LogP contribution is -2.48. The smallest absolute Gasteiger partial charge is 0.254 e. The highest BCUT2D eigenvalue weighted by molar-refractivity contribution is 7.10. The van der Waals surface area contributed by atoms with Gasteiger partial charge >= 0.3 is 0 Å². The van der Waals surface area contributed by atoms with Gasteiger partial charge in [-0.3, -0.25) is 9.59 Å². The second-order valence-electron chi connectivity index (χ2n) is 9.36. The second-order valence-corrected chi connectivity index (χ2v) is 10.4. The third-order valence-corrected chi connectivity index (χ3v) is 7.13. The lowest BCUT2D eigenvalue weighted by atomic mass is 10.00. The molecule has 0 N–H and O–H groups in total. The molecule has 0 saturated heterocycles. The summed E-state index contributed by atoms with van der Waals surface area (Å²) in [6, 6.07) is 15.2. The largest absolute Gasteiger partial charge is 0.491 e. The molecule has 184 valence electrons. The van der Waals surface area contributed by atoms with E-state index in [0.717, 1.165) is 23.3 Å². The van der Waals surface area contributed by atoms with Crippen molar-refractivity contribution in [3.8, 4) is 5.75 Å². The van der Waals surface area contributed by atoms with Gasteiger partial charge in [0.15, 0.2) is 0 Å². The maximum absolute atomic E-state index is 13.6. The number of hydrogen-bond acceptors (Lipinski definition) is 4. The summed E-state index contributed by atoms with van der Waals surface area (Å²) in [7, 11) is 0. The summed E-state index contributed by atoms with van der Waals surface area (Å²) in [5.74, 6) is 0.156. The molecule has 1 aromatic heterocycles. The Bertz CT molecular complexity index is 1160. The number of hydrogen-bond donors (Lipinski definition) is 0. The van der Waals surface area contributed by atoms with Crippen molar-refractivity contribution in [3.05, 3.63) is 87.4 Å². The van der Waals surface area contributed by atoms with Crippen molar-refractivity contribution in [2.75, 3.05) is 26.2 Å². The number of aryl methyl sites for hydroxylation is 1. The van der Waals surface area contributed by atoms with E-state index in [4.69, 9.17) is 4.74 Å². The lowest BCUT2D eigenvalue weighted by molar-refractivity contribution is -0.135. The molecule has 0 saturated carbocycles. The summed E-state index contributed by atoms with van der Waals surface area (Å²) < 4.78 is 19.5. The fourth-order valence-corrected chi connectivity index (χ4v) is 5.30. The van der Waals surface area contributed by atoms with Gasteiger partial charge in [-0.1, -0.05) is 31.5 Å². The summed E-state index contributed by atoms with van der Waals surface area (Å²) in [6.07, 6.45) is 0.788. The highest BCUT2D eigenvalue weighted by Gasteiger charge is 2.33. The van der Waals surface area contributed by atoms with Crippen LogP contribution in [0.5, 0.6) is 5.75 Å². The van der Waals surface area contributed by atoms with E-state index in [2.05, 4.69) is 11.4 Å². The summed E-state index contributed by atoms with van der Waals surface area (Å²) in [6.45, 7) is 7.36. The molecule has 1 aliphatic rings. The zero-order valence-electron chi connectivity index (χ0n) is 20.4. The Labute approximate surface area is 210 Å². The maximum atomic E-state index is 13.6. The molecular formula is C28H31FN2O3S. The fourth-order valence-electron chi connectivity index (χ4n) is 4.37.